The van der Waals surface area contributed by atoms with Gasteiger partial charge >= 0.3 is 5.63 Å². The Balaban J connectivity index is 1.87. The van der Waals surface area contributed by atoms with Gasteiger partial charge in [-0.25, -0.2) is 4.79 Å². The van der Waals surface area contributed by atoms with Crippen LogP contribution in [0.1, 0.15) is 24.1 Å². The summed E-state index contributed by atoms with van der Waals surface area (Å²) >= 11 is 6.24. The third-order valence-electron chi connectivity index (χ3n) is 4.01. The van der Waals surface area contributed by atoms with Crippen LogP contribution in [-0.2, 0) is 6.54 Å². The van der Waals surface area contributed by atoms with E-state index >= 15 is 0 Å². The highest BCUT2D eigenvalue weighted by Crippen LogP contribution is 2.25. The van der Waals surface area contributed by atoms with Crippen molar-refractivity contribution >= 4 is 22.6 Å². The molecule has 124 valence electrons. The van der Waals surface area contributed by atoms with E-state index in [9.17, 15) is 4.79 Å². The second-order valence-corrected chi connectivity index (χ2v) is 5.98. The lowest BCUT2D eigenvalue weighted by Crippen LogP contribution is -2.19. The third-order valence-corrected chi connectivity index (χ3v) is 4.35. The van der Waals surface area contributed by atoms with Gasteiger partial charge in [-0.15, -0.1) is 0 Å². The first kappa shape index (κ1) is 16.6. The number of benzene rings is 2. The Morgan fingerprint density at radius 3 is 2.75 bits per heavy atom. The second-order valence-electron chi connectivity index (χ2n) is 5.58. The van der Waals surface area contributed by atoms with Gasteiger partial charge in [-0.3, -0.25) is 0 Å². The van der Waals surface area contributed by atoms with E-state index in [-0.39, 0.29) is 11.7 Å². The molecule has 3 aromatic rings. The summed E-state index contributed by atoms with van der Waals surface area (Å²) in [6.45, 7) is 2.57. The summed E-state index contributed by atoms with van der Waals surface area (Å²) in [6, 6.07) is 14.8. The first-order valence-electron chi connectivity index (χ1n) is 7.67. The van der Waals surface area contributed by atoms with Crippen molar-refractivity contribution in [1.82, 2.24) is 5.32 Å². The zero-order chi connectivity index (χ0) is 17.1. The topological polar surface area (TPSA) is 51.5 Å². The highest BCUT2D eigenvalue weighted by Gasteiger charge is 2.11. The van der Waals surface area contributed by atoms with Gasteiger partial charge in [0.05, 0.1) is 7.11 Å². The molecule has 1 aromatic heterocycles. The second kappa shape index (κ2) is 7.07. The SMILES string of the molecule is COc1ccc2c(CNC(C)c3ccccc3Cl)cc(=O)oc2c1. The van der Waals surface area contributed by atoms with Crippen molar-refractivity contribution in [3.8, 4) is 5.75 Å². The van der Waals surface area contributed by atoms with Crippen LogP contribution in [0.2, 0.25) is 5.02 Å². The number of methoxy groups -OCH3 is 1. The fourth-order valence-electron chi connectivity index (χ4n) is 2.68. The first-order chi connectivity index (χ1) is 11.6. The molecule has 0 saturated carbocycles. The fraction of sp³-hybridized carbons (Fsp3) is 0.211. The number of halogens is 1. The smallest absolute Gasteiger partial charge is 0.336 e. The predicted octanol–water partition coefficient (Wildman–Crippen LogP) is 4.31. The minimum absolute atomic E-state index is 0.0549. The van der Waals surface area contributed by atoms with E-state index in [2.05, 4.69) is 5.32 Å². The predicted molar refractivity (Wildman–Crippen MR) is 95.7 cm³/mol. The van der Waals surface area contributed by atoms with Crippen molar-refractivity contribution in [1.29, 1.82) is 0 Å². The number of hydrogen-bond acceptors (Lipinski definition) is 4. The Kier molecular flexibility index (Phi) is 4.88. The standard InChI is InChI=1S/C19H18ClNO3/c1-12(15-5-3-4-6-17(15)20)21-11-13-9-19(22)24-18-10-14(23-2)7-8-16(13)18/h3-10,12,21H,11H2,1-2H3. The summed E-state index contributed by atoms with van der Waals surface area (Å²) in [4.78, 5) is 11.8. The molecule has 0 fully saturated rings. The Morgan fingerprint density at radius 2 is 2.00 bits per heavy atom. The molecule has 0 spiro atoms. The normalized spacial score (nSPS) is 12.3. The molecule has 0 bridgehead atoms. The Bertz CT molecular complexity index is 920. The molecule has 2 aromatic carbocycles. The van der Waals surface area contributed by atoms with Crippen molar-refractivity contribution in [3.63, 3.8) is 0 Å². The maximum absolute atomic E-state index is 11.8. The van der Waals surface area contributed by atoms with Crippen molar-refractivity contribution in [3.05, 3.63) is 75.1 Å². The maximum atomic E-state index is 11.8. The summed E-state index contributed by atoms with van der Waals surface area (Å²) in [5.41, 5.74) is 2.04. The van der Waals surface area contributed by atoms with Crippen molar-refractivity contribution in [2.75, 3.05) is 7.11 Å². The summed E-state index contributed by atoms with van der Waals surface area (Å²) in [5.74, 6) is 0.653. The van der Waals surface area contributed by atoms with Crippen molar-refractivity contribution < 1.29 is 9.15 Å². The fourth-order valence-corrected chi connectivity index (χ4v) is 2.98. The molecule has 0 aliphatic rings. The van der Waals surface area contributed by atoms with Crippen LogP contribution in [0.4, 0.5) is 0 Å². The van der Waals surface area contributed by atoms with Crippen LogP contribution in [-0.4, -0.2) is 7.11 Å². The van der Waals surface area contributed by atoms with Crippen LogP contribution < -0.4 is 15.7 Å². The van der Waals surface area contributed by atoms with Gasteiger partial charge in [0.1, 0.15) is 11.3 Å². The number of ether oxygens (including phenoxy) is 1. The number of rotatable bonds is 5. The first-order valence-corrected chi connectivity index (χ1v) is 8.05. The molecule has 1 atom stereocenters. The van der Waals surface area contributed by atoms with Gasteiger partial charge in [0.15, 0.2) is 0 Å². The summed E-state index contributed by atoms with van der Waals surface area (Å²) < 4.78 is 10.4. The molecule has 0 radical (unpaired) electrons. The van der Waals surface area contributed by atoms with E-state index in [1.54, 1.807) is 13.2 Å². The van der Waals surface area contributed by atoms with Crippen LogP contribution in [0.25, 0.3) is 11.0 Å². The zero-order valence-electron chi connectivity index (χ0n) is 13.5. The third kappa shape index (κ3) is 3.45. The lowest BCUT2D eigenvalue weighted by atomic mass is 10.1. The highest BCUT2D eigenvalue weighted by atomic mass is 35.5. The van der Waals surface area contributed by atoms with Crippen LogP contribution in [0.15, 0.2) is 57.7 Å². The molecule has 0 aliphatic heterocycles. The zero-order valence-corrected chi connectivity index (χ0v) is 14.3. The van der Waals surface area contributed by atoms with Gasteiger partial charge in [0, 0.05) is 35.1 Å². The summed E-state index contributed by atoms with van der Waals surface area (Å²) in [7, 11) is 1.58. The minimum atomic E-state index is -0.377. The van der Waals surface area contributed by atoms with Crippen molar-refractivity contribution in [2.45, 2.75) is 19.5 Å². The molecule has 1 N–H and O–H groups in total. The lowest BCUT2D eigenvalue weighted by Gasteiger charge is -2.16. The van der Waals surface area contributed by atoms with E-state index in [0.717, 1.165) is 21.5 Å². The number of fused-ring (bicyclic) bond motifs is 1. The monoisotopic (exact) mass is 343 g/mol. The average Bonchev–Trinajstić information content (AvgIpc) is 2.59. The molecule has 4 nitrogen and oxygen atoms in total. The lowest BCUT2D eigenvalue weighted by molar-refractivity contribution is 0.414. The molecule has 5 heteroatoms. The molecule has 1 unspecified atom stereocenters. The summed E-state index contributed by atoms with van der Waals surface area (Å²) in [6.07, 6.45) is 0. The molecule has 24 heavy (non-hydrogen) atoms. The molecular weight excluding hydrogens is 326 g/mol. The Hall–Kier alpha value is -2.30. The van der Waals surface area contributed by atoms with Crippen LogP contribution in [0.3, 0.4) is 0 Å². The van der Waals surface area contributed by atoms with E-state index in [1.807, 2.05) is 43.3 Å². The van der Waals surface area contributed by atoms with Crippen LogP contribution >= 0.6 is 11.6 Å². The van der Waals surface area contributed by atoms with E-state index < -0.39 is 0 Å². The summed E-state index contributed by atoms with van der Waals surface area (Å²) in [5, 5.41) is 5.01. The number of hydrogen-bond donors (Lipinski definition) is 1. The Labute approximate surface area is 145 Å². The minimum Gasteiger partial charge on any atom is -0.497 e. The molecular formula is C19H18ClNO3. The van der Waals surface area contributed by atoms with Gasteiger partial charge in [0.2, 0.25) is 0 Å². The quantitative estimate of drug-likeness (QED) is 0.701. The molecule has 0 saturated heterocycles. The van der Waals surface area contributed by atoms with Gasteiger partial charge in [-0.1, -0.05) is 29.8 Å². The van der Waals surface area contributed by atoms with Crippen molar-refractivity contribution in [2.24, 2.45) is 0 Å². The Morgan fingerprint density at radius 1 is 1.21 bits per heavy atom. The highest BCUT2D eigenvalue weighted by molar-refractivity contribution is 6.31. The molecule has 1 heterocycles. The van der Waals surface area contributed by atoms with Crippen LogP contribution in [0.5, 0.6) is 5.75 Å². The van der Waals surface area contributed by atoms with Crippen LogP contribution in [0, 0.1) is 0 Å². The maximum Gasteiger partial charge on any atom is 0.336 e. The van der Waals surface area contributed by atoms with Gasteiger partial charge in [-0.2, -0.15) is 0 Å². The van der Waals surface area contributed by atoms with E-state index in [4.69, 9.17) is 20.8 Å². The average molecular weight is 344 g/mol. The molecule has 3 rings (SSSR count). The largest absolute Gasteiger partial charge is 0.497 e. The van der Waals surface area contributed by atoms with Gasteiger partial charge < -0.3 is 14.5 Å². The van der Waals surface area contributed by atoms with E-state index in [0.29, 0.717) is 17.9 Å². The van der Waals surface area contributed by atoms with Gasteiger partial charge in [-0.05, 0) is 36.2 Å². The number of nitrogens with one attached hydrogen (secondary N) is 1. The molecule has 0 aliphatic carbocycles. The van der Waals surface area contributed by atoms with Gasteiger partial charge in [0.25, 0.3) is 0 Å². The molecule has 0 amide bonds. The van der Waals surface area contributed by atoms with E-state index in [1.165, 1.54) is 6.07 Å².